The summed E-state index contributed by atoms with van der Waals surface area (Å²) in [4.78, 5) is 0.169. The number of rotatable bonds is 6. The second kappa shape index (κ2) is 7.53. The summed E-state index contributed by atoms with van der Waals surface area (Å²) in [6.45, 7) is 0. The zero-order chi connectivity index (χ0) is 14.4. The molecule has 1 unspecified atom stereocenters. The van der Waals surface area contributed by atoms with E-state index < -0.39 is 11.6 Å². The van der Waals surface area contributed by atoms with Gasteiger partial charge < -0.3 is 0 Å². The molecule has 3 heteroatoms. The molecule has 0 aromatic heterocycles. The van der Waals surface area contributed by atoms with Crippen LogP contribution in [0.2, 0.25) is 0 Å². The maximum absolute atomic E-state index is 13.6. The minimum atomic E-state index is -0.772. The van der Waals surface area contributed by atoms with E-state index in [2.05, 4.69) is 28.1 Å². The molecule has 0 saturated heterocycles. The van der Waals surface area contributed by atoms with Crippen molar-refractivity contribution in [1.82, 2.24) is 0 Å². The first-order valence-electron chi connectivity index (χ1n) is 6.77. The van der Waals surface area contributed by atoms with Crippen LogP contribution in [-0.4, -0.2) is 4.83 Å². The van der Waals surface area contributed by atoms with E-state index >= 15 is 0 Å². The van der Waals surface area contributed by atoms with Gasteiger partial charge in [-0.3, -0.25) is 0 Å². The zero-order valence-corrected chi connectivity index (χ0v) is 12.7. The van der Waals surface area contributed by atoms with Crippen molar-refractivity contribution in [3.8, 4) is 0 Å². The van der Waals surface area contributed by atoms with E-state index in [-0.39, 0.29) is 4.83 Å². The van der Waals surface area contributed by atoms with E-state index in [0.29, 0.717) is 12.0 Å². The predicted octanol–water partition coefficient (Wildman–Crippen LogP) is 5.29. The Morgan fingerprint density at radius 2 is 1.70 bits per heavy atom. The minimum Gasteiger partial charge on any atom is -0.204 e. The van der Waals surface area contributed by atoms with Gasteiger partial charge in [0.1, 0.15) is 0 Å². The Labute approximate surface area is 127 Å². The topological polar surface area (TPSA) is 0 Å². The molecule has 2 rings (SSSR count). The van der Waals surface area contributed by atoms with Crippen LogP contribution in [-0.2, 0) is 12.8 Å². The molecule has 0 bridgehead atoms. The maximum atomic E-state index is 13.6. The third-order valence-electron chi connectivity index (χ3n) is 3.30. The molecule has 106 valence electrons. The molecule has 2 aromatic carbocycles. The highest BCUT2D eigenvalue weighted by molar-refractivity contribution is 9.09. The van der Waals surface area contributed by atoms with Gasteiger partial charge in [-0.15, -0.1) is 0 Å². The number of hydrogen-bond donors (Lipinski definition) is 0. The fourth-order valence-electron chi connectivity index (χ4n) is 2.22. The van der Waals surface area contributed by atoms with Crippen LogP contribution < -0.4 is 0 Å². The quantitative estimate of drug-likeness (QED) is 0.627. The van der Waals surface area contributed by atoms with E-state index in [1.807, 2.05) is 18.2 Å². The minimum absolute atomic E-state index is 0.169. The third kappa shape index (κ3) is 4.41. The van der Waals surface area contributed by atoms with Crippen LogP contribution >= 0.6 is 15.9 Å². The fraction of sp³-hybridized carbons (Fsp3) is 0.294. The molecule has 0 aliphatic rings. The lowest BCUT2D eigenvalue weighted by molar-refractivity contribution is 0.497. The Hall–Kier alpha value is -1.22. The second-order valence-corrected chi connectivity index (χ2v) is 6.19. The second-order valence-electron chi connectivity index (χ2n) is 4.89. The molecule has 0 N–H and O–H groups in total. The SMILES string of the molecule is Fc1cccc(CC(Br)CCCc2ccccc2)c1F. The first-order valence-corrected chi connectivity index (χ1v) is 7.69. The zero-order valence-electron chi connectivity index (χ0n) is 11.2. The molecule has 0 aliphatic heterocycles. The predicted molar refractivity (Wildman–Crippen MR) is 82.2 cm³/mol. The number of aryl methyl sites for hydroxylation is 1. The molecule has 0 fully saturated rings. The lowest BCUT2D eigenvalue weighted by Gasteiger charge is -2.11. The molecule has 0 saturated carbocycles. The summed E-state index contributed by atoms with van der Waals surface area (Å²) in [5.74, 6) is -1.49. The van der Waals surface area contributed by atoms with E-state index in [9.17, 15) is 8.78 Å². The Balaban J connectivity index is 1.81. The van der Waals surface area contributed by atoms with Gasteiger partial charge in [-0.2, -0.15) is 0 Å². The summed E-state index contributed by atoms with van der Waals surface area (Å²) in [7, 11) is 0. The van der Waals surface area contributed by atoms with Gasteiger partial charge >= 0.3 is 0 Å². The first-order chi connectivity index (χ1) is 9.66. The standard InChI is InChI=1S/C17H17BrF2/c18-15(10-4-8-13-6-2-1-3-7-13)12-14-9-5-11-16(19)17(14)20/h1-3,5-7,9,11,15H,4,8,10,12H2. The monoisotopic (exact) mass is 338 g/mol. The Morgan fingerprint density at radius 3 is 2.45 bits per heavy atom. The Kier molecular flexibility index (Phi) is 5.72. The van der Waals surface area contributed by atoms with Gasteiger partial charge in [0.25, 0.3) is 0 Å². The summed E-state index contributed by atoms with van der Waals surface area (Å²) >= 11 is 3.56. The molecular weight excluding hydrogens is 322 g/mol. The van der Waals surface area contributed by atoms with E-state index in [0.717, 1.165) is 25.3 Å². The van der Waals surface area contributed by atoms with Crippen molar-refractivity contribution in [3.63, 3.8) is 0 Å². The molecule has 20 heavy (non-hydrogen) atoms. The number of hydrogen-bond acceptors (Lipinski definition) is 0. The van der Waals surface area contributed by atoms with Crippen molar-refractivity contribution >= 4 is 15.9 Å². The van der Waals surface area contributed by atoms with Crippen molar-refractivity contribution in [3.05, 3.63) is 71.3 Å². The molecule has 0 amide bonds. The summed E-state index contributed by atoms with van der Waals surface area (Å²) < 4.78 is 26.7. The summed E-state index contributed by atoms with van der Waals surface area (Å²) in [6.07, 6.45) is 3.48. The number of alkyl halides is 1. The van der Waals surface area contributed by atoms with Crippen molar-refractivity contribution in [2.75, 3.05) is 0 Å². The largest absolute Gasteiger partial charge is 0.204 e. The lowest BCUT2D eigenvalue weighted by atomic mass is 10.0. The number of halogens is 3. The molecular formula is C17H17BrF2. The van der Waals surface area contributed by atoms with E-state index in [1.54, 1.807) is 12.1 Å². The molecule has 0 aliphatic carbocycles. The molecule has 2 aromatic rings. The van der Waals surface area contributed by atoms with Crippen LogP contribution in [0.25, 0.3) is 0 Å². The van der Waals surface area contributed by atoms with Crippen LogP contribution in [0.15, 0.2) is 48.5 Å². The first kappa shape index (κ1) is 15.2. The highest BCUT2D eigenvalue weighted by Crippen LogP contribution is 2.20. The van der Waals surface area contributed by atoms with Gasteiger partial charge in [-0.1, -0.05) is 58.4 Å². The number of benzene rings is 2. The lowest BCUT2D eigenvalue weighted by Crippen LogP contribution is -2.06. The molecule has 0 radical (unpaired) electrons. The average molecular weight is 339 g/mol. The van der Waals surface area contributed by atoms with Gasteiger partial charge in [-0.05, 0) is 42.9 Å². The Morgan fingerprint density at radius 1 is 0.950 bits per heavy atom. The normalized spacial score (nSPS) is 12.3. The van der Waals surface area contributed by atoms with Crippen LogP contribution in [0, 0.1) is 11.6 Å². The van der Waals surface area contributed by atoms with Gasteiger partial charge in [0.15, 0.2) is 11.6 Å². The Bertz CT molecular complexity index is 540. The average Bonchev–Trinajstić information content (AvgIpc) is 2.45. The molecule has 1 atom stereocenters. The van der Waals surface area contributed by atoms with Crippen molar-refractivity contribution in [2.24, 2.45) is 0 Å². The molecule has 0 nitrogen and oxygen atoms in total. The van der Waals surface area contributed by atoms with E-state index in [1.165, 1.54) is 5.56 Å². The highest BCUT2D eigenvalue weighted by Gasteiger charge is 2.12. The molecule has 0 heterocycles. The van der Waals surface area contributed by atoms with Crippen LogP contribution in [0.1, 0.15) is 24.0 Å². The smallest absolute Gasteiger partial charge is 0.162 e. The van der Waals surface area contributed by atoms with E-state index in [4.69, 9.17) is 0 Å². The summed E-state index contributed by atoms with van der Waals surface area (Å²) in [5.41, 5.74) is 1.75. The molecule has 0 spiro atoms. The van der Waals surface area contributed by atoms with Crippen LogP contribution in [0.4, 0.5) is 8.78 Å². The highest BCUT2D eigenvalue weighted by atomic mass is 79.9. The van der Waals surface area contributed by atoms with Crippen molar-refractivity contribution < 1.29 is 8.78 Å². The van der Waals surface area contributed by atoms with Gasteiger partial charge in [-0.25, -0.2) is 8.78 Å². The third-order valence-corrected chi connectivity index (χ3v) is 4.08. The van der Waals surface area contributed by atoms with Crippen molar-refractivity contribution in [2.45, 2.75) is 30.5 Å². The van der Waals surface area contributed by atoms with Gasteiger partial charge in [0.05, 0.1) is 0 Å². The van der Waals surface area contributed by atoms with Crippen LogP contribution in [0.3, 0.4) is 0 Å². The van der Waals surface area contributed by atoms with Gasteiger partial charge in [0.2, 0.25) is 0 Å². The van der Waals surface area contributed by atoms with Crippen LogP contribution in [0.5, 0.6) is 0 Å². The van der Waals surface area contributed by atoms with Gasteiger partial charge in [0, 0.05) is 4.83 Å². The summed E-state index contributed by atoms with van der Waals surface area (Å²) in [5, 5.41) is 0. The van der Waals surface area contributed by atoms with Crippen molar-refractivity contribution in [1.29, 1.82) is 0 Å². The maximum Gasteiger partial charge on any atom is 0.162 e. The summed E-state index contributed by atoms with van der Waals surface area (Å²) in [6, 6.07) is 14.6. The fourth-order valence-corrected chi connectivity index (χ4v) is 2.89.